The van der Waals surface area contributed by atoms with Crippen molar-refractivity contribution in [1.82, 2.24) is 4.57 Å². The van der Waals surface area contributed by atoms with Gasteiger partial charge in [0, 0.05) is 33.2 Å². The van der Waals surface area contributed by atoms with Crippen molar-refractivity contribution in [3.63, 3.8) is 0 Å². The Morgan fingerprint density at radius 1 is 0.303 bits per heavy atom. The maximum absolute atomic E-state index is 10.1. The van der Waals surface area contributed by atoms with Crippen molar-refractivity contribution in [2.24, 2.45) is 0 Å². The van der Waals surface area contributed by atoms with Crippen LogP contribution in [0.5, 0.6) is 0 Å². The Morgan fingerprint density at radius 3 is 1.53 bits per heavy atom. The summed E-state index contributed by atoms with van der Waals surface area (Å²) in [6, 6.07) is 67.7. The van der Waals surface area contributed by atoms with Crippen LogP contribution in [0.25, 0.3) is 104 Å². The van der Waals surface area contributed by atoms with Crippen molar-refractivity contribution in [3.8, 4) is 39.1 Å². The Kier molecular flexibility index (Phi) is 7.33. The zero-order chi connectivity index (χ0) is 49.6. The number of benzene rings is 12. The normalized spacial score (nSPS) is 13.1. The number of anilines is 3. The van der Waals surface area contributed by atoms with Crippen LogP contribution in [0.15, 0.2) is 255 Å². The van der Waals surface area contributed by atoms with Crippen molar-refractivity contribution in [2.45, 2.75) is 0 Å². The summed E-state index contributed by atoms with van der Waals surface area (Å²) in [6.07, 6.45) is 0. The molecule has 0 amide bonds. The van der Waals surface area contributed by atoms with Gasteiger partial charge < -0.3 is 9.47 Å². The monoisotopic (exact) mass is 845 g/mol. The van der Waals surface area contributed by atoms with Gasteiger partial charge in [0.2, 0.25) is 0 Å². The van der Waals surface area contributed by atoms with Gasteiger partial charge in [0.15, 0.2) is 0 Å². The summed E-state index contributed by atoms with van der Waals surface area (Å²) in [5.41, 5.74) is 6.73. The van der Waals surface area contributed by atoms with E-state index in [1.54, 1.807) is 11.0 Å². The highest BCUT2D eigenvalue weighted by Gasteiger charge is 2.21. The lowest BCUT2D eigenvalue weighted by atomic mass is 9.85. The summed E-state index contributed by atoms with van der Waals surface area (Å²) >= 11 is 0. The van der Waals surface area contributed by atoms with Crippen LogP contribution < -0.4 is 4.90 Å². The lowest BCUT2D eigenvalue weighted by Gasteiger charge is -2.28. The first kappa shape index (κ1) is 31.2. The van der Waals surface area contributed by atoms with Gasteiger partial charge in [-0.05, 0) is 132 Å². The molecule has 308 valence electrons. The molecule has 66 heavy (non-hydrogen) atoms. The quantitative estimate of drug-likeness (QED) is 0.145. The minimum absolute atomic E-state index is 0.0285. The van der Waals surface area contributed by atoms with Gasteiger partial charge in [-0.25, -0.2) is 0 Å². The molecule has 0 aliphatic heterocycles. The Hall–Kier alpha value is -8.72. The zero-order valence-corrected chi connectivity index (χ0v) is 35.6. The molecule has 0 unspecified atom stereocenters. The fourth-order valence-corrected chi connectivity index (χ4v) is 10.0. The molecule has 1 heterocycles. The molecule has 13 rings (SSSR count). The molecule has 0 radical (unpaired) electrons. The van der Waals surface area contributed by atoms with Gasteiger partial charge in [-0.1, -0.05) is 194 Å². The van der Waals surface area contributed by atoms with Crippen LogP contribution in [0.3, 0.4) is 0 Å². The second kappa shape index (κ2) is 15.5. The number of para-hydroxylation sites is 2. The maximum atomic E-state index is 10.1. The molecule has 2 nitrogen and oxygen atoms in total. The Morgan fingerprint density at radius 2 is 0.818 bits per heavy atom. The molecule has 0 spiro atoms. The Bertz CT molecular complexity index is 4390. The number of hydrogen-bond donors (Lipinski definition) is 0. The van der Waals surface area contributed by atoms with E-state index in [9.17, 15) is 9.60 Å². The predicted octanol–water partition coefficient (Wildman–Crippen LogP) is 17.9. The predicted molar refractivity (Wildman–Crippen MR) is 282 cm³/mol. The molecule has 0 atom stereocenters. The zero-order valence-electron chi connectivity index (χ0n) is 42.6. The maximum Gasteiger partial charge on any atom is 0.0645 e. The van der Waals surface area contributed by atoms with Gasteiger partial charge in [0.05, 0.1) is 26.3 Å². The molecule has 1 aromatic heterocycles. The number of fused-ring (bicyclic) bond motifs is 9. The highest BCUT2D eigenvalue weighted by molar-refractivity contribution is 6.22. The third-order valence-corrected chi connectivity index (χ3v) is 13.0. The minimum Gasteiger partial charge on any atom is -0.310 e. The smallest absolute Gasteiger partial charge is 0.0645 e. The van der Waals surface area contributed by atoms with E-state index in [0.717, 1.165) is 81.7 Å². The fraction of sp³-hybridized carbons (Fsp3) is 0. The minimum atomic E-state index is -0.328. The number of aromatic nitrogens is 1. The van der Waals surface area contributed by atoms with Crippen LogP contribution in [0.4, 0.5) is 17.1 Å². The molecule has 0 saturated heterocycles. The van der Waals surface area contributed by atoms with E-state index in [1.807, 2.05) is 176 Å². The summed E-state index contributed by atoms with van der Waals surface area (Å²) < 4.78 is 72.3. The summed E-state index contributed by atoms with van der Waals surface area (Å²) in [5, 5.41) is 9.02. The average Bonchev–Trinajstić information content (AvgIpc) is 3.77. The molecule has 0 fully saturated rings. The van der Waals surface area contributed by atoms with Crippen molar-refractivity contribution in [3.05, 3.63) is 255 Å². The van der Waals surface area contributed by atoms with Gasteiger partial charge in [0.25, 0.3) is 0 Å². The van der Waals surface area contributed by atoms with E-state index in [4.69, 9.17) is 0 Å². The van der Waals surface area contributed by atoms with Crippen LogP contribution >= 0.6 is 0 Å². The second-order valence-corrected chi connectivity index (χ2v) is 16.6. The summed E-state index contributed by atoms with van der Waals surface area (Å²) in [7, 11) is 0. The molecular formula is C64H42N2. The number of hydrogen-bond acceptors (Lipinski definition) is 1. The molecule has 2 heteroatoms. The molecule has 0 N–H and O–H groups in total. The van der Waals surface area contributed by atoms with Gasteiger partial charge in [-0.15, -0.1) is 0 Å². The third kappa shape index (κ3) is 6.11. The van der Waals surface area contributed by atoms with E-state index < -0.39 is 0 Å². The van der Waals surface area contributed by atoms with Crippen LogP contribution in [0.2, 0.25) is 0 Å². The topological polar surface area (TPSA) is 8.17 Å². The lowest BCUT2D eigenvalue weighted by Crippen LogP contribution is -2.10. The SMILES string of the molecule is [2H]c1cc(N(c2c([2H])c([2H])c(-c3c(-c4ccccc4)c4ccccc4c4ccccc34)c([2H])c2[2H])c2cc3ccccc3c3ccccc23)c([2H])c([2H])c1-c1ccc2c(c1)c1ccccc1n2-c1ccccc1. The van der Waals surface area contributed by atoms with E-state index in [2.05, 4.69) is 34.9 Å². The molecule has 0 aliphatic rings. The molecule has 13 aromatic rings. The van der Waals surface area contributed by atoms with E-state index in [1.165, 1.54) is 0 Å². The van der Waals surface area contributed by atoms with Gasteiger partial charge in [-0.2, -0.15) is 0 Å². The van der Waals surface area contributed by atoms with Gasteiger partial charge in [0.1, 0.15) is 0 Å². The van der Waals surface area contributed by atoms with Gasteiger partial charge in [-0.3, -0.25) is 0 Å². The molecule has 0 aliphatic carbocycles. The van der Waals surface area contributed by atoms with Crippen LogP contribution in [-0.2, 0) is 0 Å². The van der Waals surface area contributed by atoms with Crippen molar-refractivity contribution in [1.29, 1.82) is 0 Å². The first-order chi connectivity index (χ1) is 35.7. The highest BCUT2D eigenvalue weighted by atomic mass is 15.1. The molecule has 0 bridgehead atoms. The average molecular weight is 846 g/mol. The molecular weight excluding hydrogens is 797 g/mol. The molecule has 12 aromatic carbocycles. The summed E-state index contributed by atoms with van der Waals surface area (Å²) in [6.45, 7) is 0. The fourth-order valence-electron chi connectivity index (χ4n) is 10.0. The van der Waals surface area contributed by atoms with Gasteiger partial charge >= 0.3 is 0 Å². The van der Waals surface area contributed by atoms with Crippen LogP contribution in [0, 0.1) is 0 Å². The number of nitrogens with zero attached hydrogens (tertiary/aromatic N) is 2. The first-order valence-electron chi connectivity index (χ1n) is 25.7. The van der Waals surface area contributed by atoms with Crippen LogP contribution in [0.1, 0.15) is 9.60 Å². The number of rotatable bonds is 7. The van der Waals surface area contributed by atoms with E-state index in [0.29, 0.717) is 16.8 Å². The highest BCUT2D eigenvalue weighted by Crippen LogP contribution is 2.47. The van der Waals surface area contributed by atoms with E-state index >= 15 is 0 Å². The Balaban J connectivity index is 1.08. The lowest BCUT2D eigenvalue weighted by molar-refractivity contribution is 1.18. The second-order valence-electron chi connectivity index (χ2n) is 16.6. The van der Waals surface area contributed by atoms with Crippen molar-refractivity contribution >= 4 is 82.0 Å². The summed E-state index contributed by atoms with van der Waals surface area (Å²) in [5.74, 6) is 0. The standard InChI is InChI=1S/C64H42N2/c1-3-17-44(18-4-1)63-57-28-13-10-24-53(57)54-25-11-14-29-58(54)64(63)45-33-38-50(39-34-45)65(62-42-47-19-7-8-22-51(47)52-23-9-12-26-55(52)62)49-36-31-43(32-37-49)46-35-40-61-59(41-46)56-27-15-16-30-60(56)66(61)48-20-5-2-6-21-48/h1-42H/i31D,32D,33D,34D,36D,38D,39D. The van der Waals surface area contributed by atoms with Crippen molar-refractivity contribution < 1.29 is 9.60 Å². The third-order valence-electron chi connectivity index (χ3n) is 13.0. The van der Waals surface area contributed by atoms with Crippen LogP contribution in [-0.4, -0.2) is 4.57 Å². The van der Waals surface area contributed by atoms with E-state index in [-0.39, 0.29) is 64.8 Å². The largest absolute Gasteiger partial charge is 0.310 e. The first-order valence-corrected chi connectivity index (χ1v) is 22.2. The van der Waals surface area contributed by atoms with Crippen molar-refractivity contribution in [2.75, 3.05) is 4.90 Å². The summed E-state index contributed by atoms with van der Waals surface area (Å²) in [4.78, 5) is 1.59. The Labute approximate surface area is 393 Å². The molecule has 0 saturated carbocycles.